The Balaban J connectivity index is 2.80. The van der Waals surface area contributed by atoms with Crippen molar-refractivity contribution < 1.29 is 9.13 Å². The highest BCUT2D eigenvalue weighted by molar-refractivity contribution is 5.88. The van der Waals surface area contributed by atoms with Crippen LogP contribution in [0.2, 0.25) is 0 Å². The minimum atomic E-state index is -1.11. The fourth-order valence-corrected chi connectivity index (χ4v) is 2.02. The Labute approximate surface area is 119 Å². The summed E-state index contributed by atoms with van der Waals surface area (Å²) in [6.45, 7) is 5.72. The Bertz CT molecular complexity index is 472. The van der Waals surface area contributed by atoms with Crippen molar-refractivity contribution in [3.8, 4) is 0 Å². The number of nitrogens with two attached hydrogens (primary N) is 1. The van der Waals surface area contributed by atoms with Crippen LogP contribution in [0.3, 0.4) is 0 Å². The minimum Gasteiger partial charge on any atom is -0.380 e. The Hall–Kier alpha value is -1.59. The van der Waals surface area contributed by atoms with Gasteiger partial charge in [0.15, 0.2) is 0 Å². The molecule has 0 aliphatic carbocycles. The van der Waals surface area contributed by atoms with Crippen molar-refractivity contribution in [3.05, 3.63) is 34.9 Å². The average Bonchev–Trinajstić information content (AvgIpc) is 2.43. The molecule has 0 saturated carbocycles. The summed E-state index contributed by atoms with van der Waals surface area (Å²) in [6.07, 6.45) is 0.109. The first-order valence-electron chi connectivity index (χ1n) is 6.58. The first-order chi connectivity index (χ1) is 9.62. The second kappa shape index (κ2) is 8.55. The molecule has 0 aliphatic rings. The molecule has 0 aliphatic heterocycles. The van der Waals surface area contributed by atoms with Gasteiger partial charge in [0, 0.05) is 20.4 Å². The van der Waals surface area contributed by atoms with Crippen LogP contribution >= 0.6 is 0 Å². The SMILES string of the molecule is C=N/N=C(\CCc1ccc(CN)c(COC)c1)C(C)F. The summed E-state index contributed by atoms with van der Waals surface area (Å²) in [5, 5.41) is 7.15. The standard InChI is InChI=1S/C15H22FN3O/c1-11(16)15(19-18-2)7-5-12-4-6-13(9-17)14(8-12)10-20-3/h4,6,8,11H,2,5,7,9-10,17H2,1,3H3/b19-15+. The number of nitrogens with zero attached hydrogens (tertiary/aromatic N) is 2. The van der Waals surface area contributed by atoms with Crippen LogP contribution in [0.4, 0.5) is 4.39 Å². The Morgan fingerprint density at radius 3 is 2.75 bits per heavy atom. The van der Waals surface area contributed by atoms with Gasteiger partial charge < -0.3 is 10.5 Å². The summed E-state index contributed by atoms with van der Waals surface area (Å²) in [5.41, 5.74) is 9.34. The summed E-state index contributed by atoms with van der Waals surface area (Å²) < 4.78 is 18.5. The van der Waals surface area contributed by atoms with Gasteiger partial charge in [-0.25, -0.2) is 4.39 Å². The molecule has 1 aromatic carbocycles. The van der Waals surface area contributed by atoms with E-state index in [-0.39, 0.29) is 0 Å². The van der Waals surface area contributed by atoms with Gasteiger partial charge in [0.1, 0.15) is 6.17 Å². The number of hydrogen-bond donors (Lipinski definition) is 1. The molecule has 0 amide bonds. The second-order valence-corrected chi connectivity index (χ2v) is 4.59. The monoisotopic (exact) mass is 279 g/mol. The van der Waals surface area contributed by atoms with Crippen molar-refractivity contribution in [1.82, 2.24) is 0 Å². The van der Waals surface area contributed by atoms with Crippen molar-refractivity contribution in [1.29, 1.82) is 0 Å². The van der Waals surface area contributed by atoms with E-state index in [1.165, 1.54) is 6.92 Å². The summed E-state index contributed by atoms with van der Waals surface area (Å²) in [7, 11) is 1.65. The first-order valence-corrected chi connectivity index (χ1v) is 6.58. The molecule has 4 nitrogen and oxygen atoms in total. The molecule has 1 unspecified atom stereocenters. The average molecular weight is 279 g/mol. The molecule has 0 heterocycles. The number of benzene rings is 1. The van der Waals surface area contributed by atoms with Crippen LogP contribution in [0.15, 0.2) is 28.4 Å². The van der Waals surface area contributed by atoms with Crippen LogP contribution in [-0.2, 0) is 24.3 Å². The molecular formula is C15H22FN3O. The van der Waals surface area contributed by atoms with E-state index >= 15 is 0 Å². The number of rotatable bonds is 8. The van der Waals surface area contributed by atoms with Gasteiger partial charge in [-0.3, -0.25) is 0 Å². The topological polar surface area (TPSA) is 60.0 Å². The minimum absolute atomic E-state index is 0.413. The lowest BCUT2D eigenvalue weighted by Gasteiger charge is -2.11. The van der Waals surface area contributed by atoms with Gasteiger partial charge >= 0.3 is 0 Å². The van der Waals surface area contributed by atoms with Gasteiger partial charge in [-0.05, 0) is 36.5 Å². The number of halogens is 1. The molecule has 2 N–H and O–H groups in total. The molecule has 20 heavy (non-hydrogen) atoms. The molecule has 1 atom stereocenters. The van der Waals surface area contributed by atoms with Gasteiger partial charge in [-0.2, -0.15) is 10.2 Å². The fourth-order valence-electron chi connectivity index (χ4n) is 2.02. The number of alkyl halides is 1. The molecule has 1 rings (SSSR count). The summed E-state index contributed by atoms with van der Waals surface area (Å²) in [6, 6.07) is 6.04. The van der Waals surface area contributed by atoms with Gasteiger partial charge in [-0.15, -0.1) is 0 Å². The Morgan fingerprint density at radius 1 is 1.45 bits per heavy atom. The lowest BCUT2D eigenvalue weighted by atomic mass is 10.00. The number of aryl methyl sites for hydroxylation is 1. The molecule has 0 spiro atoms. The molecule has 1 aromatic rings. The predicted molar refractivity (Wildman–Crippen MR) is 80.9 cm³/mol. The third-order valence-corrected chi connectivity index (χ3v) is 3.12. The molecule has 0 aromatic heterocycles. The maximum atomic E-state index is 13.3. The molecule has 0 bridgehead atoms. The van der Waals surface area contributed by atoms with Crippen LogP contribution in [-0.4, -0.2) is 25.7 Å². The van der Waals surface area contributed by atoms with Crippen LogP contribution < -0.4 is 5.73 Å². The van der Waals surface area contributed by atoms with E-state index in [4.69, 9.17) is 10.5 Å². The van der Waals surface area contributed by atoms with Crippen LogP contribution in [0.25, 0.3) is 0 Å². The van der Waals surface area contributed by atoms with Crippen molar-refractivity contribution >= 4 is 12.4 Å². The zero-order valence-corrected chi connectivity index (χ0v) is 12.1. The van der Waals surface area contributed by atoms with Gasteiger partial charge in [-0.1, -0.05) is 18.2 Å². The third-order valence-electron chi connectivity index (χ3n) is 3.12. The Kier molecular flexibility index (Phi) is 7.04. The molecule has 110 valence electrons. The van der Waals surface area contributed by atoms with E-state index in [1.54, 1.807) is 7.11 Å². The molecular weight excluding hydrogens is 257 g/mol. The second-order valence-electron chi connectivity index (χ2n) is 4.59. The third kappa shape index (κ3) is 4.83. The molecule has 0 saturated heterocycles. The highest BCUT2D eigenvalue weighted by Gasteiger charge is 2.10. The summed E-state index contributed by atoms with van der Waals surface area (Å²) >= 11 is 0. The smallest absolute Gasteiger partial charge is 0.137 e. The van der Waals surface area contributed by atoms with E-state index in [0.29, 0.717) is 31.7 Å². The van der Waals surface area contributed by atoms with E-state index < -0.39 is 6.17 Å². The van der Waals surface area contributed by atoms with Crippen LogP contribution in [0.1, 0.15) is 30.0 Å². The normalized spacial score (nSPS) is 13.3. The molecule has 0 fully saturated rings. The van der Waals surface area contributed by atoms with E-state index in [1.807, 2.05) is 18.2 Å². The van der Waals surface area contributed by atoms with Gasteiger partial charge in [0.25, 0.3) is 0 Å². The largest absolute Gasteiger partial charge is 0.380 e. The summed E-state index contributed by atoms with van der Waals surface area (Å²) in [4.78, 5) is 0. The molecule has 5 heteroatoms. The first kappa shape index (κ1) is 16.5. The maximum Gasteiger partial charge on any atom is 0.137 e. The van der Waals surface area contributed by atoms with Crippen molar-refractivity contribution in [3.63, 3.8) is 0 Å². The highest BCUT2D eigenvalue weighted by atomic mass is 19.1. The maximum absolute atomic E-state index is 13.3. The zero-order chi connectivity index (χ0) is 15.0. The van der Waals surface area contributed by atoms with Gasteiger partial charge in [0.05, 0.1) is 12.3 Å². The van der Waals surface area contributed by atoms with Crippen molar-refractivity contribution in [2.75, 3.05) is 7.11 Å². The number of hydrogen-bond acceptors (Lipinski definition) is 4. The van der Waals surface area contributed by atoms with E-state index in [2.05, 4.69) is 16.9 Å². The zero-order valence-electron chi connectivity index (χ0n) is 12.1. The number of methoxy groups -OCH3 is 1. The van der Waals surface area contributed by atoms with Crippen LogP contribution in [0.5, 0.6) is 0 Å². The van der Waals surface area contributed by atoms with Gasteiger partial charge in [0.2, 0.25) is 0 Å². The van der Waals surface area contributed by atoms with E-state index in [9.17, 15) is 4.39 Å². The van der Waals surface area contributed by atoms with Crippen molar-refractivity contribution in [2.24, 2.45) is 15.9 Å². The molecule has 0 radical (unpaired) electrons. The quantitative estimate of drug-likeness (QED) is 0.587. The predicted octanol–water partition coefficient (Wildman–Crippen LogP) is 2.64. The lowest BCUT2D eigenvalue weighted by molar-refractivity contribution is 0.184. The van der Waals surface area contributed by atoms with Crippen molar-refractivity contribution in [2.45, 2.75) is 39.1 Å². The fraction of sp³-hybridized carbons (Fsp3) is 0.467. The number of ether oxygens (including phenoxy) is 1. The lowest BCUT2D eigenvalue weighted by Crippen LogP contribution is -2.12. The van der Waals surface area contributed by atoms with E-state index in [0.717, 1.165) is 16.7 Å². The highest BCUT2D eigenvalue weighted by Crippen LogP contribution is 2.15. The summed E-state index contributed by atoms with van der Waals surface area (Å²) in [5.74, 6) is 0. The Morgan fingerprint density at radius 2 is 2.20 bits per heavy atom. The van der Waals surface area contributed by atoms with Crippen LogP contribution in [0, 0.1) is 0 Å².